The fourth-order valence-electron chi connectivity index (χ4n) is 6.63. The first-order valence-corrected chi connectivity index (χ1v) is 12.3. The maximum atomic E-state index is 2.60. The van der Waals surface area contributed by atoms with Crippen molar-refractivity contribution in [1.29, 1.82) is 0 Å². The summed E-state index contributed by atoms with van der Waals surface area (Å²) in [6, 6.07) is 37.9. The van der Waals surface area contributed by atoms with Crippen LogP contribution in [0.4, 0.5) is 5.69 Å². The zero-order valence-corrected chi connectivity index (χ0v) is 19.4. The lowest BCUT2D eigenvalue weighted by molar-refractivity contribution is 0.630. The molecule has 0 fully saturated rings. The highest BCUT2D eigenvalue weighted by atomic mass is 15.1. The van der Waals surface area contributed by atoms with E-state index in [9.17, 15) is 0 Å². The Hall–Kier alpha value is -3.84. The van der Waals surface area contributed by atoms with Gasteiger partial charge >= 0.3 is 0 Å². The SMILES string of the molecule is CN(CC1C=C2C(=CC1)c1ccccc1C21c2ccccc2-c2ccccc21)c1ccccc1. The zero-order valence-electron chi connectivity index (χ0n) is 19.4. The van der Waals surface area contributed by atoms with Crippen molar-refractivity contribution in [3.05, 3.63) is 143 Å². The van der Waals surface area contributed by atoms with Crippen molar-refractivity contribution in [2.24, 2.45) is 5.92 Å². The van der Waals surface area contributed by atoms with Crippen molar-refractivity contribution in [2.75, 3.05) is 18.5 Å². The van der Waals surface area contributed by atoms with Crippen LogP contribution in [0.5, 0.6) is 0 Å². The second-order valence-corrected chi connectivity index (χ2v) is 9.80. The molecular weight excluding hydrogens is 410 g/mol. The standard InChI is InChI=1S/C33H27N/c1-34(24-11-3-2-4-12-24)22-23-19-20-28-27-15-7-10-18-31(27)33(32(28)21-23)29-16-8-5-13-25(29)26-14-6-9-17-30(26)33/h2-18,20-21,23H,19,22H2,1H3. The first-order valence-electron chi connectivity index (χ1n) is 12.3. The van der Waals surface area contributed by atoms with Gasteiger partial charge in [0.1, 0.15) is 0 Å². The van der Waals surface area contributed by atoms with Crippen LogP contribution in [0.25, 0.3) is 16.7 Å². The molecule has 1 nitrogen and oxygen atoms in total. The van der Waals surface area contributed by atoms with Crippen LogP contribution < -0.4 is 4.90 Å². The maximum Gasteiger partial charge on any atom is 0.0722 e. The summed E-state index contributed by atoms with van der Waals surface area (Å²) in [7, 11) is 2.21. The second kappa shape index (κ2) is 7.33. The van der Waals surface area contributed by atoms with Gasteiger partial charge < -0.3 is 4.90 Å². The quantitative estimate of drug-likeness (QED) is 0.321. The Labute approximate surface area is 201 Å². The largest absolute Gasteiger partial charge is 0.374 e. The van der Waals surface area contributed by atoms with Crippen molar-refractivity contribution >= 4 is 11.3 Å². The third-order valence-electron chi connectivity index (χ3n) is 8.00. The minimum absolute atomic E-state index is 0.223. The number of nitrogens with zero attached hydrogens (tertiary/aromatic N) is 1. The molecule has 164 valence electrons. The Morgan fingerprint density at radius 1 is 0.676 bits per heavy atom. The van der Waals surface area contributed by atoms with E-state index in [1.54, 1.807) is 0 Å². The maximum absolute atomic E-state index is 2.60. The molecule has 0 amide bonds. The Morgan fingerprint density at radius 3 is 1.85 bits per heavy atom. The number of para-hydroxylation sites is 1. The molecule has 4 aromatic rings. The molecule has 0 saturated carbocycles. The molecule has 3 aliphatic carbocycles. The van der Waals surface area contributed by atoms with Crippen molar-refractivity contribution in [3.63, 3.8) is 0 Å². The normalized spacial score (nSPS) is 18.4. The summed E-state index contributed by atoms with van der Waals surface area (Å²) in [5.41, 5.74) is 12.4. The van der Waals surface area contributed by atoms with Gasteiger partial charge in [-0.3, -0.25) is 0 Å². The van der Waals surface area contributed by atoms with Gasteiger partial charge in [-0.15, -0.1) is 0 Å². The van der Waals surface area contributed by atoms with Crippen molar-refractivity contribution in [1.82, 2.24) is 0 Å². The van der Waals surface area contributed by atoms with E-state index in [0.717, 1.165) is 13.0 Å². The molecule has 7 rings (SSSR count). The van der Waals surface area contributed by atoms with E-state index < -0.39 is 0 Å². The average Bonchev–Trinajstić information content (AvgIpc) is 3.36. The third kappa shape index (κ3) is 2.56. The first kappa shape index (κ1) is 19.6. The molecule has 1 spiro atoms. The van der Waals surface area contributed by atoms with Gasteiger partial charge in [0, 0.05) is 19.3 Å². The average molecular weight is 438 g/mol. The number of fused-ring (bicyclic) bond motifs is 10. The van der Waals surface area contributed by atoms with Crippen LogP contribution in [0.15, 0.2) is 121 Å². The molecule has 0 N–H and O–H groups in total. The summed E-state index contributed by atoms with van der Waals surface area (Å²) in [6.45, 7) is 1.01. The molecule has 1 heteroatoms. The summed E-state index contributed by atoms with van der Waals surface area (Å²) in [5.74, 6) is 0.468. The Bertz CT molecular complexity index is 1430. The van der Waals surface area contributed by atoms with E-state index in [0.29, 0.717) is 5.92 Å². The molecule has 34 heavy (non-hydrogen) atoms. The molecule has 0 heterocycles. The van der Waals surface area contributed by atoms with E-state index in [-0.39, 0.29) is 5.41 Å². The molecule has 4 aromatic carbocycles. The van der Waals surface area contributed by atoms with E-state index >= 15 is 0 Å². The fourth-order valence-corrected chi connectivity index (χ4v) is 6.63. The van der Waals surface area contributed by atoms with Gasteiger partial charge in [-0.25, -0.2) is 0 Å². The monoisotopic (exact) mass is 437 g/mol. The fraction of sp³-hybridized carbons (Fsp3) is 0.152. The van der Waals surface area contributed by atoms with E-state index in [4.69, 9.17) is 0 Å². The van der Waals surface area contributed by atoms with Gasteiger partial charge in [-0.2, -0.15) is 0 Å². The lowest BCUT2D eigenvalue weighted by atomic mass is 9.69. The lowest BCUT2D eigenvalue weighted by Crippen LogP contribution is -2.29. The minimum Gasteiger partial charge on any atom is -0.374 e. The van der Waals surface area contributed by atoms with Gasteiger partial charge in [-0.05, 0) is 69.0 Å². The number of hydrogen-bond acceptors (Lipinski definition) is 1. The third-order valence-corrected chi connectivity index (χ3v) is 8.00. The predicted molar refractivity (Wildman–Crippen MR) is 142 cm³/mol. The van der Waals surface area contributed by atoms with Crippen LogP contribution in [0.2, 0.25) is 0 Å². The Morgan fingerprint density at radius 2 is 1.21 bits per heavy atom. The van der Waals surface area contributed by atoms with Crippen LogP contribution in [0.3, 0.4) is 0 Å². The van der Waals surface area contributed by atoms with Crippen LogP contribution in [-0.4, -0.2) is 13.6 Å². The topological polar surface area (TPSA) is 3.24 Å². The number of hydrogen-bond donors (Lipinski definition) is 0. The van der Waals surface area contributed by atoms with Crippen LogP contribution in [0.1, 0.15) is 28.7 Å². The highest BCUT2D eigenvalue weighted by molar-refractivity contribution is 6.00. The smallest absolute Gasteiger partial charge is 0.0722 e. The van der Waals surface area contributed by atoms with E-state index in [1.807, 2.05) is 0 Å². The Balaban J connectivity index is 1.43. The van der Waals surface area contributed by atoms with Crippen LogP contribution in [-0.2, 0) is 5.41 Å². The van der Waals surface area contributed by atoms with Crippen molar-refractivity contribution in [2.45, 2.75) is 11.8 Å². The summed E-state index contributed by atoms with van der Waals surface area (Å²) in [6.07, 6.45) is 6.19. The molecule has 0 radical (unpaired) electrons. The zero-order chi connectivity index (χ0) is 22.7. The molecule has 0 bridgehead atoms. The van der Waals surface area contributed by atoms with Crippen molar-refractivity contribution < 1.29 is 0 Å². The van der Waals surface area contributed by atoms with Gasteiger partial charge in [0.15, 0.2) is 0 Å². The number of allylic oxidation sites excluding steroid dienone is 3. The lowest BCUT2D eigenvalue weighted by Gasteiger charge is -2.34. The number of benzene rings is 4. The molecule has 1 atom stereocenters. The summed E-state index contributed by atoms with van der Waals surface area (Å²) in [5, 5.41) is 0. The highest BCUT2D eigenvalue weighted by Crippen LogP contribution is 2.64. The molecular formula is C33H27N. The number of rotatable bonds is 3. The molecule has 3 aliphatic rings. The molecule has 0 aromatic heterocycles. The molecule has 1 unspecified atom stereocenters. The van der Waals surface area contributed by atoms with Crippen LogP contribution >= 0.6 is 0 Å². The van der Waals surface area contributed by atoms with Crippen molar-refractivity contribution in [3.8, 4) is 11.1 Å². The minimum atomic E-state index is -0.223. The highest BCUT2D eigenvalue weighted by Gasteiger charge is 2.53. The second-order valence-electron chi connectivity index (χ2n) is 9.80. The summed E-state index contributed by atoms with van der Waals surface area (Å²) < 4.78 is 0. The summed E-state index contributed by atoms with van der Waals surface area (Å²) >= 11 is 0. The number of anilines is 1. The van der Waals surface area contributed by atoms with Gasteiger partial charge in [0.25, 0.3) is 0 Å². The first-order chi connectivity index (χ1) is 16.8. The van der Waals surface area contributed by atoms with Gasteiger partial charge in [0.05, 0.1) is 5.41 Å². The van der Waals surface area contributed by atoms with Gasteiger partial charge in [-0.1, -0.05) is 103 Å². The predicted octanol–water partition coefficient (Wildman–Crippen LogP) is 7.48. The summed E-state index contributed by atoms with van der Waals surface area (Å²) in [4.78, 5) is 2.39. The van der Waals surface area contributed by atoms with E-state index in [2.05, 4.69) is 127 Å². The van der Waals surface area contributed by atoms with Gasteiger partial charge in [0.2, 0.25) is 0 Å². The molecule has 0 aliphatic heterocycles. The Kier molecular flexibility index (Phi) is 4.23. The van der Waals surface area contributed by atoms with E-state index in [1.165, 1.54) is 50.2 Å². The molecule has 0 saturated heterocycles. The van der Waals surface area contributed by atoms with Crippen LogP contribution in [0, 0.1) is 5.92 Å².